The van der Waals surface area contributed by atoms with Crippen molar-refractivity contribution in [3.05, 3.63) is 24.3 Å². The molecule has 26 heavy (non-hydrogen) atoms. The molecule has 1 aromatic carbocycles. The molecule has 2 heterocycles. The molecule has 5 heteroatoms. The Bertz CT molecular complexity index is 588. The molecule has 2 aliphatic heterocycles. The van der Waals surface area contributed by atoms with Crippen LogP contribution in [0.3, 0.4) is 0 Å². The molecule has 144 valence electrons. The van der Waals surface area contributed by atoms with Crippen LogP contribution in [0.1, 0.15) is 52.9 Å². The summed E-state index contributed by atoms with van der Waals surface area (Å²) in [6, 6.07) is 8.87. The van der Waals surface area contributed by atoms with Gasteiger partial charge in [0.15, 0.2) is 0 Å². The van der Waals surface area contributed by atoms with Gasteiger partial charge >= 0.3 is 6.09 Å². The van der Waals surface area contributed by atoms with Crippen molar-refractivity contribution < 1.29 is 9.53 Å². The molecule has 1 aromatic rings. The smallest absolute Gasteiger partial charge is 0.410 e. The lowest BCUT2D eigenvalue weighted by Crippen LogP contribution is -2.48. The topological polar surface area (TPSA) is 44.8 Å². The number of ether oxygens (including phenoxy) is 1. The molecule has 2 saturated heterocycles. The predicted molar refractivity (Wildman–Crippen MR) is 107 cm³/mol. The molecule has 0 spiro atoms. The van der Waals surface area contributed by atoms with Gasteiger partial charge < -0.3 is 19.9 Å². The maximum atomic E-state index is 12.5. The minimum atomic E-state index is -0.447. The van der Waals surface area contributed by atoms with Crippen LogP contribution in [-0.4, -0.2) is 48.8 Å². The Kier molecular flexibility index (Phi) is 5.94. The van der Waals surface area contributed by atoms with Crippen LogP contribution in [0.25, 0.3) is 0 Å². The average Bonchev–Trinajstić information content (AvgIpc) is 3.14. The Morgan fingerprint density at radius 1 is 1.08 bits per heavy atom. The summed E-state index contributed by atoms with van der Waals surface area (Å²) in [5, 5.41) is 3.51. The molecule has 0 aliphatic carbocycles. The summed E-state index contributed by atoms with van der Waals surface area (Å²) in [6.45, 7) is 9.65. The molecular weight excluding hydrogens is 326 g/mol. The predicted octanol–water partition coefficient (Wildman–Crippen LogP) is 4.49. The summed E-state index contributed by atoms with van der Waals surface area (Å²) in [7, 11) is 0. The number of carbonyl (C=O) groups is 1. The summed E-state index contributed by atoms with van der Waals surface area (Å²) < 4.78 is 5.59. The quantitative estimate of drug-likeness (QED) is 0.860. The molecule has 0 radical (unpaired) electrons. The molecule has 2 aliphatic rings. The Balaban J connectivity index is 1.55. The van der Waals surface area contributed by atoms with Crippen molar-refractivity contribution in [3.63, 3.8) is 0 Å². The number of nitrogens with one attached hydrogen (secondary N) is 1. The van der Waals surface area contributed by atoms with Gasteiger partial charge in [-0.25, -0.2) is 4.79 Å². The number of hydrogen-bond acceptors (Lipinski definition) is 4. The first-order valence-electron chi connectivity index (χ1n) is 10.0. The highest BCUT2D eigenvalue weighted by Gasteiger charge is 2.30. The maximum Gasteiger partial charge on any atom is 0.410 e. The van der Waals surface area contributed by atoms with Crippen LogP contribution in [0.5, 0.6) is 0 Å². The van der Waals surface area contributed by atoms with E-state index in [0.29, 0.717) is 0 Å². The van der Waals surface area contributed by atoms with Crippen LogP contribution in [0.15, 0.2) is 24.3 Å². The van der Waals surface area contributed by atoms with E-state index in [1.54, 1.807) is 0 Å². The van der Waals surface area contributed by atoms with E-state index in [1.807, 2.05) is 25.7 Å². The number of hydrogen-bond donors (Lipinski definition) is 1. The third-order valence-corrected chi connectivity index (χ3v) is 5.14. The lowest BCUT2D eigenvalue weighted by molar-refractivity contribution is 0.0114. The van der Waals surface area contributed by atoms with Crippen molar-refractivity contribution in [3.8, 4) is 0 Å². The van der Waals surface area contributed by atoms with E-state index in [1.165, 1.54) is 38.0 Å². The van der Waals surface area contributed by atoms with Crippen LogP contribution in [0.4, 0.5) is 16.2 Å². The van der Waals surface area contributed by atoms with Gasteiger partial charge in [0, 0.05) is 37.6 Å². The van der Waals surface area contributed by atoms with Crippen molar-refractivity contribution in [2.75, 3.05) is 36.4 Å². The van der Waals surface area contributed by atoms with E-state index >= 15 is 0 Å². The molecule has 0 saturated carbocycles. The Morgan fingerprint density at radius 2 is 1.73 bits per heavy atom. The van der Waals surface area contributed by atoms with Crippen molar-refractivity contribution in [2.24, 2.45) is 0 Å². The monoisotopic (exact) mass is 359 g/mol. The highest BCUT2D eigenvalue weighted by Crippen LogP contribution is 2.24. The lowest BCUT2D eigenvalue weighted by atomic mass is 10.0. The van der Waals surface area contributed by atoms with Crippen LogP contribution >= 0.6 is 0 Å². The van der Waals surface area contributed by atoms with Gasteiger partial charge in [-0.2, -0.15) is 0 Å². The Hall–Kier alpha value is -1.91. The van der Waals surface area contributed by atoms with E-state index in [2.05, 4.69) is 34.5 Å². The number of nitrogens with zero attached hydrogens (tertiary/aromatic N) is 2. The molecule has 1 amide bonds. The number of anilines is 2. The number of benzene rings is 1. The fourth-order valence-electron chi connectivity index (χ4n) is 3.77. The lowest BCUT2D eigenvalue weighted by Gasteiger charge is -2.37. The maximum absolute atomic E-state index is 12.5. The summed E-state index contributed by atoms with van der Waals surface area (Å²) in [5.74, 6) is 0. The van der Waals surface area contributed by atoms with Gasteiger partial charge in [0.05, 0.1) is 6.04 Å². The minimum absolute atomic E-state index is 0.187. The normalized spacial score (nSPS) is 21.0. The first-order valence-corrected chi connectivity index (χ1v) is 10.0. The molecule has 2 fully saturated rings. The molecule has 5 nitrogen and oxygen atoms in total. The number of carbonyl (C=O) groups excluding carboxylic acids is 1. The standard InChI is InChI=1S/C21H33N3O2/c1-21(2,3)26-20(25)24-15-5-4-8-19(24)16-22-17-9-11-18(12-10-17)23-13-6-7-14-23/h9-12,19,22H,4-8,13-16H2,1-3H3. The van der Waals surface area contributed by atoms with Gasteiger partial charge in [-0.1, -0.05) is 0 Å². The van der Waals surface area contributed by atoms with Gasteiger partial charge in [-0.3, -0.25) is 0 Å². The molecule has 3 rings (SSSR count). The van der Waals surface area contributed by atoms with Gasteiger partial charge in [0.25, 0.3) is 0 Å². The summed E-state index contributed by atoms with van der Waals surface area (Å²) in [6.07, 6.45) is 5.65. The highest BCUT2D eigenvalue weighted by atomic mass is 16.6. The zero-order valence-electron chi connectivity index (χ0n) is 16.5. The SMILES string of the molecule is CC(C)(C)OC(=O)N1CCCCC1CNc1ccc(N2CCCC2)cc1. The first kappa shape index (κ1) is 18.9. The largest absolute Gasteiger partial charge is 0.444 e. The second kappa shape index (κ2) is 8.19. The third-order valence-electron chi connectivity index (χ3n) is 5.14. The molecule has 0 aromatic heterocycles. The molecule has 1 unspecified atom stereocenters. The van der Waals surface area contributed by atoms with Gasteiger partial charge in [0.2, 0.25) is 0 Å². The average molecular weight is 360 g/mol. The second-order valence-corrected chi connectivity index (χ2v) is 8.45. The van der Waals surface area contributed by atoms with E-state index < -0.39 is 5.60 Å². The molecule has 0 bridgehead atoms. The van der Waals surface area contributed by atoms with Gasteiger partial charge in [-0.05, 0) is 77.1 Å². The zero-order valence-corrected chi connectivity index (χ0v) is 16.5. The van der Waals surface area contributed by atoms with Crippen molar-refractivity contribution in [1.82, 2.24) is 4.90 Å². The second-order valence-electron chi connectivity index (χ2n) is 8.45. The highest BCUT2D eigenvalue weighted by molar-refractivity contribution is 5.69. The molecular formula is C21H33N3O2. The number of rotatable bonds is 4. The summed E-state index contributed by atoms with van der Waals surface area (Å²) >= 11 is 0. The fourth-order valence-corrected chi connectivity index (χ4v) is 3.77. The van der Waals surface area contributed by atoms with Crippen LogP contribution < -0.4 is 10.2 Å². The van der Waals surface area contributed by atoms with Gasteiger partial charge in [0.1, 0.15) is 5.60 Å². The van der Waals surface area contributed by atoms with Crippen LogP contribution in [-0.2, 0) is 4.74 Å². The van der Waals surface area contributed by atoms with Crippen molar-refractivity contribution in [2.45, 2.75) is 64.5 Å². The van der Waals surface area contributed by atoms with E-state index in [4.69, 9.17) is 4.74 Å². The van der Waals surface area contributed by atoms with Crippen molar-refractivity contribution >= 4 is 17.5 Å². The summed E-state index contributed by atoms with van der Waals surface area (Å²) in [4.78, 5) is 16.8. The Labute approximate surface area is 157 Å². The zero-order chi connectivity index (χ0) is 18.6. The number of amides is 1. The molecule has 1 N–H and O–H groups in total. The number of piperidine rings is 1. The first-order chi connectivity index (χ1) is 12.4. The van der Waals surface area contributed by atoms with E-state index in [-0.39, 0.29) is 12.1 Å². The van der Waals surface area contributed by atoms with Crippen molar-refractivity contribution in [1.29, 1.82) is 0 Å². The third kappa shape index (κ3) is 5.05. The fraction of sp³-hybridized carbons (Fsp3) is 0.667. The van der Waals surface area contributed by atoms with Crippen LogP contribution in [0.2, 0.25) is 0 Å². The van der Waals surface area contributed by atoms with E-state index in [0.717, 1.165) is 31.6 Å². The van der Waals surface area contributed by atoms with E-state index in [9.17, 15) is 4.79 Å². The minimum Gasteiger partial charge on any atom is -0.444 e. The number of likely N-dealkylation sites (tertiary alicyclic amines) is 1. The van der Waals surface area contributed by atoms with Gasteiger partial charge in [-0.15, -0.1) is 0 Å². The Morgan fingerprint density at radius 3 is 2.38 bits per heavy atom. The molecule has 1 atom stereocenters. The van der Waals surface area contributed by atoms with Crippen LogP contribution in [0, 0.1) is 0 Å². The summed E-state index contributed by atoms with van der Waals surface area (Å²) in [5.41, 5.74) is 1.97.